The summed E-state index contributed by atoms with van der Waals surface area (Å²) in [4.78, 5) is 28.3. The quantitative estimate of drug-likeness (QED) is 0.307. The van der Waals surface area contributed by atoms with Gasteiger partial charge in [-0.25, -0.2) is 8.42 Å². The Morgan fingerprint density at radius 2 is 1.51 bits per heavy atom. The molecule has 0 aliphatic heterocycles. The second-order valence-electron chi connectivity index (χ2n) is 9.69. The van der Waals surface area contributed by atoms with Gasteiger partial charge in [-0.05, 0) is 66.8 Å². The van der Waals surface area contributed by atoms with Gasteiger partial charge in [0.1, 0.15) is 12.6 Å². The van der Waals surface area contributed by atoms with Crippen LogP contribution in [0.15, 0.2) is 83.8 Å². The summed E-state index contributed by atoms with van der Waals surface area (Å²) in [6.07, 6.45) is 0.749. The molecule has 1 atom stereocenters. The Balaban J connectivity index is 2.01. The third kappa shape index (κ3) is 7.83. The van der Waals surface area contributed by atoms with Crippen LogP contribution in [0.3, 0.4) is 0 Å². The fourth-order valence-corrected chi connectivity index (χ4v) is 5.60. The monoisotopic (exact) mass is 569 g/mol. The van der Waals surface area contributed by atoms with E-state index < -0.39 is 28.5 Å². The number of anilines is 1. The van der Waals surface area contributed by atoms with Gasteiger partial charge in [0, 0.05) is 18.1 Å². The number of rotatable bonds is 12. The van der Waals surface area contributed by atoms with Crippen LogP contribution in [0.1, 0.15) is 51.2 Å². The van der Waals surface area contributed by atoms with Gasteiger partial charge in [0.2, 0.25) is 11.8 Å². The Hall–Kier alpha value is -3.36. The first kappa shape index (κ1) is 30.2. The van der Waals surface area contributed by atoms with Crippen LogP contribution in [-0.2, 0) is 26.2 Å². The highest BCUT2D eigenvalue weighted by atomic mass is 35.5. The van der Waals surface area contributed by atoms with Crippen molar-refractivity contribution in [1.82, 2.24) is 10.2 Å². The zero-order valence-electron chi connectivity index (χ0n) is 22.8. The van der Waals surface area contributed by atoms with E-state index in [2.05, 4.69) is 19.2 Å². The van der Waals surface area contributed by atoms with Crippen molar-refractivity contribution in [1.29, 1.82) is 0 Å². The zero-order valence-corrected chi connectivity index (χ0v) is 24.4. The Morgan fingerprint density at radius 1 is 0.897 bits per heavy atom. The molecule has 7 nitrogen and oxygen atoms in total. The smallest absolute Gasteiger partial charge is 0.264 e. The molecule has 3 rings (SSSR count). The van der Waals surface area contributed by atoms with Gasteiger partial charge < -0.3 is 10.2 Å². The summed E-state index contributed by atoms with van der Waals surface area (Å²) in [5.41, 5.74) is 2.18. The van der Waals surface area contributed by atoms with Crippen molar-refractivity contribution in [2.24, 2.45) is 0 Å². The van der Waals surface area contributed by atoms with Crippen LogP contribution in [-0.4, -0.2) is 44.3 Å². The lowest BCUT2D eigenvalue weighted by molar-refractivity contribution is -0.139. The lowest BCUT2D eigenvalue weighted by Gasteiger charge is -2.32. The summed E-state index contributed by atoms with van der Waals surface area (Å²) in [6, 6.07) is 21.3. The normalized spacial score (nSPS) is 12.2. The Bertz CT molecular complexity index is 1350. The fourth-order valence-electron chi connectivity index (χ4n) is 4.04. The summed E-state index contributed by atoms with van der Waals surface area (Å²) >= 11 is 6.04. The van der Waals surface area contributed by atoms with Crippen molar-refractivity contribution < 1.29 is 18.0 Å². The molecule has 2 amide bonds. The molecule has 39 heavy (non-hydrogen) atoms. The first-order valence-corrected chi connectivity index (χ1v) is 14.9. The highest BCUT2D eigenvalue weighted by molar-refractivity contribution is 7.92. The second kappa shape index (κ2) is 13.6. The van der Waals surface area contributed by atoms with E-state index >= 15 is 0 Å². The first-order chi connectivity index (χ1) is 18.5. The highest BCUT2D eigenvalue weighted by Crippen LogP contribution is 2.26. The van der Waals surface area contributed by atoms with Gasteiger partial charge in [0.25, 0.3) is 10.0 Å². The molecule has 9 heteroatoms. The van der Waals surface area contributed by atoms with Gasteiger partial charge in [-0.15, -0.1) is 0 Å². The molecule has 0 aromatic heterocycles. The van der Waals surface area contributed by atoms with Crippen molar-refractivity contribution in [3.05, 3.63) is 95.0 Å². The first-order valence-electron chi connectivity index (χ1n) is 13.0. The molecule has 1 N–H and O–H groups in total. The van der Waals surface area contributed by atoms with Crippen LogP contribution in [0.5, 0.6) is 0 Å². The number of sulfonamides is 1. The summed E-state index contributed by atoms with van der Waals surface area (Å²) < 4.78 is 28.7. The van der Waals surface area contributed by atoms with Gasteiger partial charge in [-0.1, -0.05) is 74.8 Å². The zero-order chi connectivity index (χ0) is 28.6. The minimum atomic E-state index is -4.09. The third-order valence-electron chi connectivity index (χ3n) is 6.44. The molecule has 0 radical (unpaired) electrons. The number of nitrogens with one attached hydrogen (secondary N) is 1. The molecule has 0 aliphatic carbocycles. The maximum absolute atomic E-state index is 13.9. The number of halogens is 1. The van der Waals surface area contributed by atoms with Crippen LogP contribution >= 0.6 is 11.6 Å². The van der Waals surface area contributed by atoms with Crippen molar-refractivity contribution >= 4 is 39.1 Å². The molecular weight excluding hydrogens is 534 g/mol. The summed E-state index contributed by atoms with van der Waals surface area (Å²) in [6.45, 7) is 7.81. The molecule has 0 fully saturated rings. The van der Waals surface area contributed by atoms with E-state index in [4.69, 9.17) is 11.6 Å². The van der Waals surface area contributed by atoms with Crippen molar-refractivity contribution in [2.45, 2.75) is 57.5 Å². The average Bonchev–Trinajstić information content (AvgIpc) is 2.94. The van der Waals surface area contributed by atoms with Crippen molar-refractivity contribution in [3.8, 4) is 0 Å². The molecule has 0 saturated carbocycles. The summed E-state index contributed by atoms with van der Waals surface area (Å²) in [5, 5.41) is 3.39. The predicted molar refractivity (Wildman–Crippen MR) is 156 cm³/mol. The van der Waals surface area contributed by atoms with Gasteiger partial charge in [-0.2, -0.15) is 0 Å². The largest absolute Gasteiger partial charge is 0.354 e. The molecule has 0 heterocycles. The second-order valence-corrected chi connectivity index (χ2v) is 12.0. The molecule has 0 aliphatic rings. The molecule has 0 spiro atoms. The maximum Gasteiger partial charge on any atom is 0.264 e. The average molecular weight is 570 g/mol. The van der Waals surface area contributed by atoms with E-state index in [-0.39, 0.29) is 23.3 Å². The number of nitrogens with zero attached hydrogens (tertiary/aromatic N) is 2. The van der Waals surface area contributed by atoms with Crippen LogP contribution < -0.4 is 9.62 Å². The third-order valence-corrected chi connectivity index (χ3v) is 8.48. The lowest BCUT2D eigenvalue weighted by atomic mass is 10.0. The van der Waals surface area contributed by atoms with Crippen LogP contribution in [0.2, 0.25) is 5.02 Å². The molecule has 0 saturated heterocycles. The Labute approximate surface area is 236 Å². The van der Waals surface area contributed by atoms with E-state index in [9.17, 15) is 18.0 Å². The van der Waals surface area contributed by atoms with E-state index in [0.717, 1.165) is 21.9 Å². The predicted octanol–water partition coefficient (Wildman–Crippen LogP) is 5.60. The number of carbonyl (C=O) groups is 2. The standard InChI is InChI=1S/C30H36ClN3O4S/c1-5-19-32-30(36)23(4)33(20-24-11-15-26(31)16-12-24)29(35)21-34(27-17-13-25(14-18-27)22(2)3)39(37,38)28-9-7-6-8-10-28/h6-18,22-23H,5,19-21H2,1-4H3,(H,32,36)/t23-/m0/s1. The van der Waals surface area contributed by atoms with E-state index in [1.807, 2.05) is 19.1 Å². The number of hydrogen-bond donors (Lipinski definition) is 1. The molecule has 3 aromatic rings. The Kier molecular flexibility index (Phi) is 10.5. The SMILES string of the molecule is CCCNC(=O)[C@H](C)N(Cc1ccc(Cl)cc1)C(=O)CN(c1ccc(C(C)C)cc1)S(=O)(=O)c1ccccc1. The summed E-state index contributed by atoms with van der Waals surface area (Å²) in [7, 11) is -4.09. The minimum Gasteiger partial charge on any atom is -0.354 e. The van der Waals surface area contributed by atoms with E-state index in [1.165, 1.54) is 17.0 Å². The van der Waals surface area contributed by atoms with Gasteiger partial charge in [0.15, 0.2) is 0 Å². The molecule has 208 valence electrons. The number of hydrogen-bond acceptors (Lipinski definition) is 4. The number of benzene rings is 3. The van der Waals surface area contributed by atoms with E-state index in [0.29, 0.717) is 17.3 Å². The molecule has 0 unspecified atom stereocenters. The van der Waals surface area contributed by atoms with Crippen LogP contribution in [0.4, 0.5) is 5.69 Å². The minimum absolute atomic E-state index is 0.0729. The van der Waals surface area contributed by atoms with Gasteiger partial charge in [-0.3, -0.25) is 13.9 Å². The Morgan fingerprint density at radius 3 is 2.08 bits per heavy atom. The summed E-state index contributed by atoms with van der Waals surface area (Å²) in [5.74, 6) is -0.549. The fraction of sp³-hybridized carbons (Fsp3) is 0.333. The number of amides is 2. The number of carbonyl (C=O) groups excluding carboxylic acids is 2. The molecule has 3 aromatic carbocycles. The highest BCUT2D eigenvalue weighted by Gasteiger charge is 2.32. The van der Waals surface area contributed by atoms with Crippen molar-refractivity contribution in [3.63, 3.8) is 0 Å². The molecular formula is C30H36ClN3O4S. The lowest BCUT2D eigenvalue weighted by Crippen LogP contribution is -2.51. The van der Waals surface area contributed by atoms with Crippen LogP contribution in [0, 0.1) is 0 Å². The van der Waals surface area contributed by atoms with E-state index in [1.54, 1.807) is 61.5 Å². The van der Waals surface area contributed by atoms with Crippen LogP contribution in [0.25, 0.3) is 0 Å². The van der Waals surface area contributed by atoms with Gasteiger partial charge >= 0.3 is 0 Å². The maximum atomic E-state index is 13.9. The molecule has 0 bridgehead atoms. The van der Waals surface area contributed by atoms with Crippen molar-refractivity contribution in [2.75, 3.05) is 17.4 Å². The topological polar surface area (TPSA) is 86.8 Å². The van der Waals surface area contributed by atoms with Gasteiger partial charge in [0.05, 0.1) is 10.6 Å².